The van der Waals surface area contributed by atoms with Crippen LogP contribution in [0, 0.1) is 0 Å². The van der Waals surface area contributed by atoms with E-state index in [0.717, 1.165) is 13.4 Å². The molecule has 1 rings (SSSR count). The highest BCUT2D eigenvalue weighted by molar-refractivity contribution is 7.90. The quantitative estimate of drug-likeness (QED) is 0.666. The van der Waals surface area contributed by atoms with Crippen LogP contribution in [0.15, 0.2) is 30.3 Å². The Balaban J connectivity index is 2.81. The number of carbonyl (C=O) groups is 1. The molecule has 0 radical (unpaired) electrons. The van der Waals surface area contributed by atoms with Crippen molar-refractivity contribution in [1.82, 2.24) is 4.72 Å². The molecule has 0 saturated carbocycles. The van der Waals surface area contributed by atoms with E-state index in [9.17, 15) is 21.6 Å². The predicted octanol–water partition coefficient (Wildman–Crippen LogP) is 0.0823. The van der Waals surface area contributed by atoms with Crippen molar-refractivity contribution < 1.29 is 26.4 Å². The van der Waals surface area contributed by atoms with Gasteiger partial charge in [0, 0.05) is 6.26 Å². The van der Waals surface area contributed by atoms with Crippen molar-refractivity contribution in [3.63, 3.8) is 0 Å². The monoisotopic (exact) mass is 349 g/mol. The zero-order valence-corrected chi connectivity index (χ0v) is 14.0. The second-order valence-electron chi connectivity index (χ2n) is 4.86. The fourth-order valence-electron chi connectivity index (χ4n) is 1.75. The van der Waals surface area contributed by atoms with E-state index in [1.807, 2.05) is 0 Å². The molecule has 0 aliphatic heterocycles. The Morgan fingerprint density at radius 1 is 1.18 bits per heavy atom. The van der Waals surface area contributed by atoms with Gasteiger partial charge in [0.15, 0.2) is 0 Å². The lowest BCUT2D eigenvalue weighted by Gasteiger charge is -2.16. The molecular formula is C13H19NO6S2. The maximum absolute atomic E-state index is 12.1. The molecule has 7 nitrogen and oxygen atoms in total. The first-order chi connectivity index (χ1) is 10.1. The Kier molecular flexibility index (Phi) is 6.51. The summed E-state index contributed by atoms with van der Waals surface area (Å²) in [6.07, 6.45) is 0.833. The molecule has 9 heteroatoms. The predicted molar refractivity (Wildman–Crippen MR) is 82.3 cm³/mol. The van der Waals surface area contributed by atoms with Crippen LogP contribution in [0.2, 0.25) is 0 Å². The number of nitrogens with one attached hydrogen (secondary N) is 1. The number of carbonyl (C=O) groups excluding carboxylic acids is 1. The first-order valence-electron chi connectivity index (χ1n) is 6.42. The fourth-order valence-corrected chi connectivity index (χ4v) is 3.78. The van der Waals surface area contributed by atoms with Gasteiger partial charge in [-0.25, -0.2) is 21.6 Å². The lowest BCUT2D eigenvalue weighted by molar-refractivity contribution is -0.142. The van der Waals surface area contributed by atoms with Crippen molar-refractivity contribution in [3.8, 4) is 0 Å². The molecule has 0 aliphatic carbocycles. The van der Waals surface area contributed by atoms with Crippen molar-refractivity contribution in [2.45, 2.75) is 18.2 Å². The van der Waals surface area contributed by atoms with Crippen LogP contribution in [0.1, 0.15) is 12.0 Å². The fraction of sp³-hybridized carbons (Fsp3) is 0.462. The Bertz CT molecular complexity index is 697. The van der Waals surface area contributed by atoms with E-state index in [4.69, 9.17) is 0 Å². The minimum Gasteiger partial charge on any atom is -0.468 e. The largest absolute Gasteiger partial charge is 0.468 e. The summed E-state index contributed by atoms with van der Waals surface area (Å²) < 4.78 is 53.2. The van der Waals surface area contributed by atoms with Crippen molar-refractivity contribution in [1.29, 1.82) is 0 Å². The second-order valence-corrected chi connectivity index (χ2v) is 8.87. The maximum atomic E-state index is 12.1. The van der Waals surface area contributed by atoms with Crippen molar-refractivity contribution >= 4 is 25.8 Å². The van der Waals surface area contributed by atoms with Crippen LogP contribution in [0.3, 0.4) is 0 Å². The normalized spacial score (nSPS) is 13.5. The number of hydrogen-bond donors (Lipinski definition) is 1. The van der Waals surface area contributed by atoms with Gasteiger partial charge in [0.05, 0.1) is 18.6 Å². The average molecular weight is 349 g/mol. The summed E-state index contributed by atoms with van der Waals surface area (Å²) in [5.41, 5.74) is 0.557. The number of sulfonamides is 1. The van der Waals surface area contributed by atoms with Gasteiger partial charge in [-0.1, -0.05) is 30.3 Å². The molecule has 0 spiro atoms. The van der Waals surface area contributed by atoms with Crippen molar-refractivity contribution in [2.75, 3.05) is 19.1 Å². The minimum absolute atomic E-state index is 0.181. The lowest BCUT2D eigenvalue weighted by atomic mass is 10.2. The number of benzene rings is 1. The van der Waals surface area contributed by atoms with Gasteiger partial charge in [-0.3, -0.25) is 4.79 Å². The summed E-state index contributed by atoms with van der Waals surface area (Å²) in [6.45, 7) is 0. The molecule has 0 bridgehead atoms. The van der Waals surface area contributed by atoms with E-state index >= 15 is 0 Å². The standard InChI is InChI=1S/C13H19NO6S2/c1-20-13(15)12(8-9-21(2,16)17)14-22(18,19)10-11-6-4-3-5-7-11/h3-7,12,14H,8-10H2,1-2H3. The van der Waals surface area contributed by atoms with Crippen LogP contribution < -0.4 is 4.72 Å². The van der Waals surface area contributed by atoms with Gasteiger partial charge >= 0.3 is 5.97 Å². The molecule has 0 fully saturated rings. The number of sulfone groups is 1. The lowest BCUT2D eigenvalue weighted by Crippen LogP contribution is -2.43. The first-order valence-corrected chi connectivity index (χ1v) is 10.1. The molecule has 1 aromatic rings. The van der Waals surface area contributed by atoms with E-state index in [-0.39, 0.29) is 17.9 Å². The first kappa shape index (κ1) is 18.6. The van der Waals surface area contributed by atoms with E-state index in [0.29, 0.717) is 5.56 Å². The maximum Gasteiger partial charge on any atom is 0.323 e. The summed E-state index contributed by atoms with van der Waals surface area (Å²) >= 11 is 0. The van der Waals surface area contributed by atoms with Gasteiger partial charge < -0.3 is 4.74 Å². The third-order valence-corrected chi connectivity index (χ3v) is 5.12. The molecule has 0 aliphatic rings. The minimum atomic E-state index is -3.80. The molecule has 1 atom stereocenters. The van der Waals surface area contributed by atoms with Gasteiger partial charge in [0.2, 0.25) is 10.0 Å². The number of hydrogen-bond acceptors (Lipinski definition) is 6. The summed E-state index contributed by atoms with van der Waals surface area (Å²) in [7, 11) is -6.01. The summed E-state index contributed by atoms with van der Waals surface area (Å²) in [5.74, 6) is -1.44. The molecule has 0 heterocycles. The third-order valence-electron chi connectivity index (χ3n) is 2.78. The van der Waals surface area contributed by atoms with E-state index < -0.39 is 31.9 Å². The van der Waals surface area contributed by atoms with Crippen LogP contribution in [0.25, 0.3) is 0 Å². The molecule has 1 aromatic carbocycles. The number of methoxy groups -OCH3 is 1. The van der Waals surface area contributed by atoms with Gasteiger partial charge in [-0.05, 0) is 12.0 Å². The number of ether oxygens (including phenoxy) is 1. The summed E-state index contributed by atoms with van der Waals surface area (Å²) in [5, 5.41) is 0. The Morgan fingerprint density at radius 3 is 2.27 bits per heavy atom. The molecular weight excluding hydrogens is 330 g/mol. The van der Waals surface area contributed by atoms with Crippen LogP contribution in [-0.2, 0) is 35.1 Å². The molecule has 22 heavy (non-hydrogen) atoms. The zero-order chi connectivity index (χ0) is 16.8. The Morgan fingerprint density at radius 2 is 1.77 bits per heavy atom. The highest BCUT2D eigenvalue weighted by atomic mass is 32.2. The van der Waals surface area contributed by atoms with E-state index in [1.165, 1.54) is 0 Å². The molecule has 0 amide bonds. The zero-order valence-electron chi connectivity index (χ0n) is 12.4. The molecule has 0 aromatic heterocycles. The smallest absolute Gasteiger partial charge is 0.323 e. The van der Waals surface area contributed by atoms with Gasteiger partial charge in [0.25, 0.3) is 0 Å². The summed E-state index contributed by atoms with van der Waals surface area (Å²) in [4.78, 5) is 11.6. The van der Waals surface area contributed by atoms with Crippen LogP contribution in [0.4, 0.5) is 0 Å². The average Bonchev–Trinajstić information content (AvgIpc) is 2.42. The molecule has 1 unspecified atom stereocenters. The topological polar surface area (TPSA) is 107 Å². The van der Waals surface area contributed by atoms with Crippen molar-refractivity contribution in [3.05, 3.63) is 35.9 Å². The van der Waals surface area contributed by atoms with E-state index in [1.54, 1.807) is 30.3 Å². The molecule has 124 valence electrons. The van der Waals surface area contributed by atoms with Crippen molar-refractivity contribution in [2.24, 2.45) is 0 Å². The number of esters is 1. The highest BCUT2D eigenvalue weighted by Crippen LogP contribution is 2.07. The third kappa shape index (κ3) is 7.01. The number of rotatable bonds is 8. The Labute approximate surface area is 130 Å². The highest BCUT2D eigenvalue weighted by Gasteiger charge is 2.26. The second kappa shape index (κ2) is 7.70. The van der Waals surface area contributed by atoms with Gasteiger partial charge in [-0.2, -0.15) is 0 Å². The van der Waals surface area contributed by atoms with Gasteiger partial charge in [0.1, 0.15) is 15.9 Å². The van der Waals surface area contributed by atoms with Crippen LogP contribution in [-0.4, -0.2) is 48.0 Å². The van der Waals surface area contributed by atoms with Crippen LogP contribution in [0.5, 0.6) is 0 Å². The summed E-state index contributed by atoms with van der Waals surface area (Å²) in [6, 6.07) is 7.21. The Hall–Kier alpha value is -1.45. The van der Waals surface area contributed by atoms with Gasteiger partial charge in [-0.15, -0.1) is 0 Å². The van der Waals surface area contributed by atoms with E-state index in [2.05, 4.69) is 9.46 Å². The molecule has 1 N–H and O–H groups in total. The van der Waals surface area contributed by atoms with Crippen LogP contribution >= 0.6 is 0 Å². The molecule has 0 saturated heterocycles. The SMILES string of the molecule is COC(=O)C(CCS(C)(=O)=O)NS(=O)(=O)Cc1ccccc1.